The first-order valence-electron chi connectivity index (χ1n) is 5.36. The lowest BCUT2D eigenvalue weighted by Gasteiger charge is -2.19. The van der Waals surface area contributed by atoms with E-state index in [-0.39, 0.29) is 0 Å². The van der Waals surface area contributed by atoms with Crippen LogP contribution in [0.15, 0.2) is 12.1 Å². The molecule has 0 radical (unpaired) electrons. The van der Waals surface area contributed by atoms with Crippen molar-refractivity contribution in [3.8, 4) is 5.88 Å². The molecule has 0 bridgehead atoms. The summed E-state index contributed by atoms with van der Waals surface area (Å²) in [7, 11) is -1.76. The van der Waals surface area contributed by atoms with Crippen LogP contribution in [0.25, 0.3) is 11.2 Å². The molecule has 0 aromatic carbocycles. The Kier molecular flexibility index (Phi) is 2.81. The van der Waals surface area contributed by atoms with E-state index in [2.05, 4.69) is 15.0 Å². The zero-order valence-electron chi connectivity index (χ0n) is 10.7. The molecular formula is C11H15N3O3S. The second-order valence-corrected chi connectivity index (χ2v) is 7.16. The lowest BCUT2D eigenvalue weighted by molar-refractivity contribution is 0.399. The van der Waals surface area contributed by atoms with Crippen molar-refractivity contribution in [1.29, 1.82) is 0 Å². The van der Waals surface area contributed by atoms with Crippen LogP contribution in [0.3, 0.4) is 0 Å². The number of methoxy groups -OCH3 is 1. The van der Waals surface area contributed by atoms with E-state index < -0.39 is 14.6 Å². The van der Waals surface area contributed by atoms with Gasteiger partial charge in [-0.15, -0.1) is 0 Å². The van der Waals surface area contributed by atoms with Gasteiger partial charge in [-0.25, -0.2) is 13.4 Å². The molecule has 0 atom stereocenters. The van der Waals surface area contributed by atoms with Crippen LogP contribution >= 0.6 is 0 Å². The zero-order chi connectivity index (χ0) is 13.6. The molecule has 2 heterocycles. The Balaban J connectivity index is 2.61. The second-order valence-electron chi connectivity index (χ2n) is 4.59. The molecule has 0 fully saturated rings. The summed E-state index contributed by atoms with van der Waals surface area (Å²) >= 11 is 0. The van der Waals surface area contributed by atoms with Gasteiger partial charge in [-0.1, -0.05) is 0 Å². The Hall–Kier alpha value is -1.63. The van der Waals surface area contributed by atoms with E-state index in [0.29, 0.717) is 22.9 Å². The van der Waals surface area contributed by atoms with E-state index in [0.717, 1.165) is 0 Å². The van der Waals surface area contributed by atoms with Crippen LogP contribution in [0.2, 0.25) is 0 Å². The van der Waals surface area contributed by atoms with Gasteiger partial charge in [0.2, 0.25) is 5.88 Å². The summed E-state index contributed by atoms with van der Waals surface area (Å²) < 4.78 is 27.4. The van der Waals surface area contributed by atoms with Gasteiger partial charge in [-0.05, 0) is 19.9 Å². The second kappa shape index (κ2) is 3.94. The molecule has 0 aliphatic rings. The fourth-order valence-electron chi connectivity index (χ4n) is 1.45. The van der Waals surface area contributed by atoms with Crippen molar-refractivity contribution in [3.05, 3.63) is 18.0 Å². The SMILES string of the molecule is COc1ccc2[nH]c(C(C)(C)S(C)(=O)=O)nc2n1. The van der Waals surface area contributed by atoms with Gasteiger partial charge in [0, 0.05) is 12.3 Å². The first kappa shape index (κ1) is 12.8. The van der Waals surface area contributed by atoms with Crippen molar-refractivity contribution < 1.29 is 13.2 Å². The molecule has 0 aliphatic heterocycles. The largest absolute Gasteiger partial charge is 0.481 e. The first-order valence-corrected chi connectivity index (χ1v) is 7.25. The maximum absolute atomic E-state index is 11.7. The smallest absolute Gasteiger partial charge is 0.215 e. The third-order valence-electron chi connectivity index (χ3n) is 3.03. The van der Waals surface area contributed by atoms with Crippen molar-refractivity contribution in [2.45, 2.75) is 18.6 Å². The summed E-state index contributed by atoms with van der Waals surface area (Å²) in [5.74, 6) is 0.818. The number of pyridine rings is 1. The van der Waals surface area contributed by atoms with Gasteiger partial charge in [0.1, 0.15) is 10.6 Å². The Morgan fingerprint density at radius 1 is 1.28 bits per heavy atom. The van der Waals surface area contributed by atoms with Gasteiger partial charge in [-0.3, -0.25) is 0 Å². The number of aromatic amines is 1. The van der Waals surface area contributed by atoms with Gasteiger partial charge in [-0.2, -0.15) is 4.98 Å². The fraction of sp³-hybridized carbons (Fsp3) is 0.455. The van der Waals surface area contributed by atoms with Crippen molar-refractivity contribution in [2.24, 2.45) is 0 Å². The molecule has 0 saturated carbocycles. The number of sulfone groups is 1. The highest BCUT2D eigenvalue weighted by molar-refractivity contribution is 7.91. The summed E-state index contributed by atoms with van der Waals surface area (Å²) in [5.41, 5.74) is 1.13. The van der Waals surface area contributed by atoms with Crippen LogP contribution in [0, 0.1) is 0 Å². The van der Waals surface area contributed by atoms with Gasteiger partial charge in [0.25, 0.3) is 0 Å². The highest BCUT2D eigenvalue weighted by Gasteiger charge is 2.35. The van der Waals surface area contributed by atoms with E-state index in [9.17, 15) is 8.42 Å². The highest BCUT2D eigenvalue weighted by Crippen LogP contribution is 2.28. The van der Waals surface area contributed by atoms with Gasteiger partial charge < -0.3 is 9.72 Å². The minimum atomic E-state index is -3.27. The molecule has 2 aromatic rings. The number of aromatic nitrogens is 3. The minimum absolute atomic E-state index is 0.376. The quantitative estimate of drug-likeness (QED) is 0.906. The number of H-pyrrole nitrogens is 1. The normalized spacial score (nSPS) is 12.9. The average molecular weight is 269 g/mol. The number of nitrogens with one attached hydrogen (secondary N) is 1. The fourth-order valence-corrected chi connectivity index (χ4v) is 1.90. The van der Waals surface area contributed by atoms with E-state index in [1.165, 1.54) is 13.4 Å². The molecule has 1 N–H and O–H groups in total. The van der Waals surface area contributed by atoms with Crippen molar-refractivity contribution in [1.82, 2.24) is 15.0 Å². The average Bonchev–Trinajstić information content (AvgIpc) is 2.70. The molecule has 2 rings (SSSR count). The number of hydrogen-bond acceptors (Lipinski definition) is 5. The predicted molar refractivity (Wildman–Crippen MR) is 68.3 cm³/mol. The standard InChI is InChI=1S/C11H15N3O3S/c1-11(2,18(4,15)16)10-12-7-5-6-8(17-3)13-9(7)14-10/h5-6H,1-4H3,(H,12,13,14). The number of rotatable bonds is 3. The molecule has 2 aromatic heterocycles. The van der Waals surface area contributed by atoms with Crippen LogP contribution in [0.4, 0.5) is 0 Å². The lowest BCUT2D eigenvalue weighted by Crippen LogP contribution is -2.29. The Bertz CT molecular complexity index is 689. The number of nitrogens with zero attached hydrogens (tertiary/aromatic N) is 2. The van der Waals surface area contributed by atoms with Crippen LogP contribution < -0.4 is 4.74 Å². The molecule has 0 amide bonds. The lowest BCUT2D eigenvalue weighted by atomic mass is 10.2. The molecule has 18 heavy (non-hydrogen) atoms. The van der Waals surface area contributed by atoms with Crippen LogP contribution in [-0.2, 0) is 14.6 Å². The van der Waals surface area contributed by atoms with E-state index in [1.807, 2.05) is 0 Å². The predicted octanol–water partition coefficient (Wildman–Crippen LogP) is 1.25. The number of hydrogen-bond donors (Lipinski definition) is 1. The summed E-state index contributed by atoms with van der Waals surface area (Å²) in [6.45, 7) is 3.22. The molecule has 7 heteroatoms. The maximum atomic E-state index is 11.7. The van der Waals surface area contributed by atoms with Gasteiger partial charge in [0.15, 0.2) is 15.5 Å². The van der Waals surface area contributed by atoms with Crippen LogP contribution in [0.1, 0.15) is 19.7 Å². The molecule has 0 spiro atoms. The van der Waals surface area contributed by atoms with Crippen LogP contribution in [-0.4, -0.2) is 36.7 Å². The summed E-state index contributed by atoms with van der Waals surface area (Å²) in [5, 5.41) is 0. The Morgan fingerprint density at radius 2 is 1.94 bits per heavy atom. The first-order chi connectivity index (χ1) is 8.25. The number of fused-ring (bicyclic) bond motifs is 1. The Labute approximate surface area is 105 Å². The van der Waals surface area contributed by atoms with Crippen LogP contribution in [0.5, 0.6) is 5.88 Å². The van der Waals surface area contributed by atoms with Crippen molar-refractivity contribution >= 4 is 21.0 Å². The number of ether oxygens (including phenoxy) is 1. The zero-order valence-corrected chi connectivity index (χ0v) is 11.5. The summed E-state index contributed by atoms with van der Waals surface area (Å²) in [6.07, 6.45) is 1.19. The molecule has 98 valence electrons. The summed E-state index contributed by atoms with van der Waals surface area (Å²) in [6, 6.07) is 3.45. The summed E-state index contributed by atoms with van der Waals surface area (Å²) in [4.78, 5) is 11.4. The Morgan fingerprint density at radius 3 is 2.50 bits per heavy atom. The van der Waals surface area contributed by atoms with Crippen molar-refractivity contribution in [3.63, 3.8) is 0 Å². The third kappa shape index (κ3) is 1.94. The van der Waals surface area contributed by atoms with Gasteiger partial charge >= 0.3 is 0 Å². The minimum Gasteiger partial charge on any atom is -0.481 e. The molecule has 0 saturated heterocycles. The molecule has 0 unspecified atom stereocenters. The molecular weight excluding hydrogens is 254 g/mol. The van der Waals surface area contributed by atoms with Gasteiger partial charge in [0.05, 0.1) is 12.6 Å². The maximum Gasteiger partial charge on any atom is 0.215 e. The number of imidazole rings is 1. The molecule has 6 nitrogen and oxygen atoms in total. The highest BCUT2D eigenvalue weighted by atomic mass is 32.2. The monoisotopic (exact) mass is 269 g/mol. The van der Waals surface area contributed by atoms with E-state index in [4.69, 9.17) is 4.74 Å². The van der Waals surface area contributed by atoms with Crippen molar-refractivity contribution in [2.75, 3.05) is 13.4 Å². The van der Waals surface area contributed by atoms with E-state index >= 15 is 0 Å². The molecule has 0 aliphatic carbocycles. The third-order valence-corrected chi connectivity index (χ3v) is 5.07. The topological polar surface area (TPSA) is 84.9 Å². The van der Waals surface area contributed by atoms with E-state index in [1.54, 1.807) is 26.0 Å².